The lowest BCUT2D eigenvalue weighted by molar-refractivity contribution is -0.0827. The van der Waals surface area contributed by atoms with Crippen LogP contribution in [0.3, 0.4) is 0 Å². The molecule has 1 aliphatic rings. The Morgan fingerprint density at radius 1 is 1.61 bits per heavy atom. The summed E-state index contributed by atoms with van der Waals surface area (Å²) in [5.74, 6) is -0.0169. The smallest absolute Gasteiger partial charge is 0.276 e. The number of hydrogen-bond acceptors (Lipinski definition) is 4. The van der Waals surface area contributed by atoms with Gasteiger partial charge in [-0.1, -0.05) is 20.8 Å². The number of nitrogen functional groups attached to an aromatic ring is 1. The molecule has 0 aliphatic carbocycles. The van der Waals surface area contributed by atoms with Crippen LogP contribution < -0.4 is 5.73 Å². The standard InChI is InChI=1S/C12H20N4O2/c1-4-12(18)5-16(6-12)11(17)10-8(13)9(7(2)3)14-15-10/h7,18H,4-6,13H2,1-3H3,(H,14,15). The molecule has 1 saturated heterocycles. The van der Waals surface area contributed by atoms with Gasteiger partial charge in [0.05, 0.1) is 30.1 Å². The van der Waals surface area contributed by atoms with E-state index in [-0.39, 0.29) is 17.5 Å². The van der Waals surface area contributed by atoms with Crippen molar-refractivity contribution in [2.24, 2.45) is 0 Å². The van der Waals surface area contributed by atoms with Gasteiger partial charge in [-0.2, -0.15) is 5.10 Å². The van der Waals surface area contributed by atoms with Crippen molar-refractivity contribution in [3.05, 3.63) is 11.4 Å². The van der Waals surface area contributed by atoms with Crippen molar-refractivity contribution in [3.63, 3.8) is 0 Å². The van der Waals surface area contributed by atoms with E-state index in [0.717, 1.165) is 5.69 Å². The minimum Gasteiger partial charge on any atom is -0.395 e. The molecule has 6 heteroatoms. The number of aromatic nitrogens is 2. The molecular weight excluding hydrogens is 232 g/mol. The maximum atomic E-state index is 12.1. The molecule has 0 unspecified atom stereocenters. The number of likely N-dealkylation sites (tertiary alicyclic amines) is 1. The van der Waals surface area contributed by atoms with Gasteiger partial charge in [0.15, 0.2) is 5.69 Å². The molecule has 0 bridgehead atoms. The zero-order valence-corrected chi connectivity index (χ0v) is 11.0. The molecule has 0 spiro atoms. The Hall–Kier alpha value is -1.56. The molecule has 2 rings (SSSR count). The molecule has 0 atom stereocenters. The van der Waals surface area contributed by atoms with Crippen LogP contribution in [-0.2, 0) is 0 Å². The number of β-amino-alcohol motifs (C(OH)–C–C–N with tert-alkyl or cyclic N) is 1. The van der Waals surface area contributed by atoms with Crippen LogP contribution >= 0.6 is 0 Å². The number of aromatic amines is 1. The Labute approximate surface area is 106 Å². The summed E-state index contributed by atoms with van der Waals surface area (Å²) in [5, 5.41) is 16.7. The van der Waals surface area contributed by atoms with Crippen LogP contribution in [0.2, 0.25) is 0 Å². The number of nitrogens with two attached hydrogens (primary N) is 1. The van der Waals surface area contributed by atoms with Crippen LogP contribution in [0.25, 0.3) is 0 Å². The number of anilines is 1. The summed E-state index contributed by atoms with van der Waals surface area (Å²) >= 11 is 0. The average Bonchev–Trinajstić information content (AvgIpc) is 2.66. The summed E-state index contributed by atoms with van der Waals surface area (Å²) in [4.78, 5) is 13.7. The molecule has 0 radical (unpaired) electrons. The highest BCUT2D eigenvalue weighted by Crippen LogP contribution is 2.28. The number of nitrogens with zero attached hydrogens (tertiary/aromatic N) is 2. The second kappa shape index (κ2) is 4.28. The molecular formula is C12H20N4O2. The molecule has 2 heterocycles. The number of rotatable bonds is 3. The summed E-state index contributed by atoms with van der Waals surface area (Å²) in [6.07, 6.45) is 0.643. The number of amides is 1. The SMILES string of the molecule is CCC1(O)CN(C(=O)c2n[nH]c(C(C)C)c2N)C1. The quantitative estimate of drug-likeness (QED) is 0.738. The molecule has 1 aromatic rings. The first-order valence-electron chi connectivity index (χ1n) is 6.23. The zero-order chi connectivity index (χ0) is 13.5. The predicted molar refractivity (Wildman–Crippen MR) is 68.2 cm³/mol. The lowest BCUT2D eigenvalue weighted by atomic mass is 9.91. The minimum atomic E-state index is -0.735. The number of carbonyl (C=O) groups is 1. The van der Waals surface area contributed by atoms with Gasteiger partial charge in [0.1, 0.15) is 0 Å². The first kappa shape index (κ1) is 12.9. The third-order valence-electron chi connectivity index (χ3n) is 3.53. The fraction of sp³-hybridized carbons (Fsp3) is 0.667. The highest BCUT2D eigenvalue weighted by Gasteiger charge is 2.43. The Morgan fingerprint density at radius 2 is 2.22 bits per heavy atom. The zero-order valence-electron chi connectivity index (χ0n) is 11.0. The molecule has 6 nitrogen and oxygen atoms in total. The van der Waals surface area contributed by atoms with E-state index in [1.165, 1.54) is 0 Å². The number of carbonyl (C=O) groups excluding carboxylic acids is 1. The predicted octanol–water partition coefficient (Wildman–Crippen LogP) is 0.712. The van der Waals surface area contributed by atoms with Gasteiger partial charge in [0, 0.05) is 0 Å². The molecule has 1 amide bonds. The highest BCUT2D eigenvalue weighted by atomic mass is 16.3. The van der Waals surface area contributed by atoms with Crippen LogP contribution in [0.4, 0.5) is 5.69 Å². The molecule has 0 aromatic carbocycles. The third-order valence-corrected chi connectivity index (χ3v) is 3.53. The highest BCUT2D eigenvalue weighted by molar-refractivity contribution is 5.98. The van der Waals surface area contributed by atoms with E-state index >= 15 is 0 Å². The Morgan fingerprint density at radius 3 is 2.67 bits per heavy atom. The van der Waals surface area contributed by atoms with Gasteiger partial charge in [-0.15, -0.1) is 0 Å². The van der Waals surface area contributed by atoms with Crippen LogP contribution in [-0.4, -0.2) is 44.8 Å². The van der Waals surface area contributed by atoms with E-state index in [9.17, 15) is 9.90 Å². The Kier molecular flexibility index (Phi) is 3.06. The van der Waals surface area contributed by atoms with Crippen molar-refractivity contribution in [1.29, 1.82) is 0 Å². The maximum Gasteiger partial charge on any atom is 0.276 e. The van der Waals surface area contributed by atoms with Gasteiger partial charge in [-0.25, -0.2) is 0 Å². The van der Waals surface area contributed by atoms with E-state index in [1.54, 1.807) is 4.90 Å². The van der Waals surface area contributed by atoms with E-state index in [1.807, 2.05) is 20.8 Å². The topological polar surface area (TPSA) is 95.2 Å². The van der Waals surface area contributed by atoms with Gasteiger partial charge in [0.25, 0.3) is 5.91 Å². The van der Waals surface area contributed by atoms with Crippen molar-refractivity contribution in [1.82, 2.24) is 15.1 Å². The second-order valence-corrected chi connectivity index (χ2v) is 5.29. The summed E-state index contributed by atoms with van der Waals surface area (Å²) < 4.78 is 0. The van der Waals surface area contributed by atoms with Crippen LogP contribution in [0, 0.1) is 0 Å². The molecule has 1 fully saturated rings. The number of H-pyrrole nitrogens is 1. The van der Waals surface area contributed by atoms with Crippen molar-refractivity contribution in [2.45, 2.75) is 38.7 Å². The summed E-state index contributed by atoms with van der Waals surface area (Å²) in [6, 6.07) is 0. The summed E-state index contributed by atoms with van der Waals surface area (Å²) in [5.41, 5.74) is 6.65. The molecule has 1 aliphatic heterocycles. The monoisotopic (exact) mass is 252 g/mol. The van der Waals surface area contributed by atoms with Crippen molar-refractivity contribution < 1.29 is 9.90 Å². The number of hydrogen-bond donors (Lipinski definition) is 3. The lowest BCUT2D eigenvalue weighted by Crippen LogP contribution is -2.63. The van der Waals surface area contributed by atoms with Crippen molar-refractivity contribution >= 4 is 11.6 Å². The van der Waals surface area contributed by atoms with Crippen molar-refractivity contribution in [2.75, 3.05) is 18.8 Å². The lowest BCUT2D eigenvalue weighted by Gasteiger charge is -2.45. The van der Waals surface area contributed by atoms with Crippen LogP contribution in [0.1, 0.15) is 49.3 Å². The van der Waals surface area contributed by atoms with Crippen LogP contribution in [0.5, 0.6) is 0 Å². The van der Waals surface area contributed by atoms with E-state index < -0.39 is 5.60 Å². The van der Waals surface area contributed by atoms with E-state index in [4.69, 9.17) is 5.73 Å². The molecule has 1 aromatic heterocycles. The largest absolute Gasteiger partial charge is 0.395 e. The summed E-state index contributed by atoms with van der Waals surface area (Å²) in [6.45, 7) is 6.58. The van der Waals surface area contributed by atoms with Gasteiger partial charge >= 0.3 is 0 Å². The minimum absolute atomic E-state index is 0.197. The van der Waals surface area contributed by atoms with E-state index in [2.05, 4.69) is 10.2 Å². The molecule has 18 heavy (non-hydrogen) atoms. The third kappa shape index (κ3) is 1.96. The molecule has 100 valence electrons. The maximum absolute atomic E-state index is 12.1. The molecule has 4 N–H and O–H groups in total. The van der Waals surface area contributed by atoms with Gasteiger partial charge in [-0.05, 0) is 12.3 Å². The fourth-order valence-corrected chi connectivity index (χ4v) is 2.15. The van der Waals surface area contributed by atoms with Gasteiger partial charge in [-0.3, -0.25) is 9.89 Å². The second-order valence-electron chi connectivity index (χ2n) is 5.29. The normalized spacial score (nSPS) is 17.9. The number of aliphatic hydroxyl groups is 1. The Bertz CT molecular complexity index is 461. The summed E-state index contributed by atoms with van der Waals surface area (Å²) in [7, 11) is 0. The van der Waals surface area contributed by atoms with Gasteiger partial charge < -0.3 is 15.7 Å². The number of nitrogens with one attached hydrogen (secondary N) is 1. The fourth-order valence-electron chi connectivity index (χ4n) is 2.15. The van der Waals surface area contributed by atoms with Gasteiger partial charge in [0.2, 0.25) is 0 Å². The first-order valence-corrected chi connectivity index (χ1v) is 6.23. The molecule has 0 saturated carbocycles. The Balaban J connectivity index is 2.12. The van der Waals surface area contributed by atoms with E-state index in [0.29, 0.717) is 25.2 Å². The van der Waals surface area contributed by atoms with Crippen molar-refractivity contribution in [3.8, 4) is 0 Å². The van der Waals surface area contributed by atoms with Crippen LogP contribution in [0.15, 0.2) is 0 Å². The first-order chi connectivity index (χ1) is 8.38. The average molecular weight is 252 g/mol.